The number of carboxylic acid groups (broad SMARTS) is 1. The Labute approximate surface area is 72.3 Å². The third kappa shape index (κ3) is 3.77. The number of hydrogen-bond acceptors (Lipinski definition) is 2. The van der Waals surface area contributed by atoms with Crippen LogP contribution in [-0.2, 0) is 4.79 Å². The number of carbonyl (C=O) groups is 1. The Morgan fingerprint density at radius 1 is 1.83 bits per heavy atom. The van der Waals surface area contributed by atoms with Crippen LogP contribution in [0.3, 0.4) is 0 Å². The average molecular weight is 167 g/mol. The second-order valence-electron chi connectivity index (χ2n) is 2.83. The van der Waals surface area contributed by atoms with Crippen molar-refractivity contribution in [1.29, 1.82) is 5.26 Å². The van der Waals surface area contributed by atoms with Gasteiger partial charge in [-0.05, 0) is 19.8 Å². The van der Waals surface area contributed by atoms with Crippen molar-refractivity contribution in [2.45, 2.75) is 19.8 Å². The summed E-state index contributed by atoms with van der Waals surface area (Å²) in [6.07, 6.45) is 2.40. The van der Waals surface area contributed by atoms with E-state index in [0.29, 0.717) is 12.8 Å². The van der Waals surface area contributed by atoms with E-state index in [2.05, 4.69) is 6.58 Å². The molecule has 0 saturated carbocycles. The first kappa shape index (κ1) is 10.7. The largest absolute Gasteiger partial charge is 0.481 e. The molecule has 0 heterocycles. The fraction of sp³-hybridized carbons (Fsp3) is 0.556. The lowest BCUT2D eigenvalue weighted by molar-refractivity contribution is -0.142. The molecule has 0 radical (unpaired) electrons. The molecule has 0 aliphatic rings. The van der Waals surface area contributed by atoms with E-state index in [1.165, 1.54) is 0 Å². The summed E-state index contributed by atoms with van der Waals surface area (Å²) in [5.41, 5.74) is 0. The highest BCUT2D eigenvalue weighted by Crippen LogP contribution is 2.15. The van der Waals surface area contributed by atoms with Crippen LogP contribution in [0.4, 0.5) is 0 Å². The van der Waals surface area contributed by atoms with Crippen LogP contribution in [0.15, 0.2) is 12.7 Å². The highest BCUT2D eigenvalue weighted by atomic mass is 16.4. The summed E-state index contributed by atoms with van der Waals surface area (Å²) in [6.45, 7) is 5.19. The molecule has 2 atom stereocenters. The fourth-order valence-corrected chi connectivity index (χ4v) is 0.979. The van der Waals surface area contributed by atoms with Crippen LogP contribution in [0.1, 0.15) is 19.8 Å². The van der Waals surface area contributed by atoms with Gasteiger partial charge in [0.25, 0.3) is 0 Å². The molecule has 0 aromatic carbocycles. The fourth-order valence-electron chi connectivity index (χ4n) is 0.979. The van der Waals surface area contributed by atoms with Crippen LogP contribution in [0, 0.1) is 23.2 Å². The standard InChI is InChI=1S/C9H13NO2/c1-3-4-8(9(11)12)5-7(2)6-10/h3,7-8H,1,4-5H2,2H3,(H,11,12). The Kier molecular flexibility index (Phi) is 4.78. The SMILES string of the molecule is C=CCC(CC(C)C#N)C(=O)O. The molecule has 3 heteroatoms. The van der Waals surface area contributed by atoms with E-state index in [4.69, 9.17) is 10.4 Å². The lowest BCUT2D eigenvalue weighted by Crippen LogP contribution is -2.15. The first-order valence-corrected chi connectivity index (χ1v) is 3.85. The monoisotopic (exact) mass is 167 g/mol. The van der Waals surface area contributed by atoms with Crippen molar-refractivity contribution in [1.82, 2.24) is 0 Å². The maximum Gasteiger partial charge on any atom is 0.306 e. The topological polar surface area (TPSA) is 61.1 Å². The number of nitrogens with zero attached hydrogens (tertiary/aromatic N) is 1. The van der Waals surface area contributed by atoms with Crippen LogP contribution < -0.4 is 0 Å². The molecule has 66 valence electrons. The molecule has 0 spiro atoms. The van der Waals surface area contributed by atoms with Crippen molar-refractivity contribution in [3.05, 3.63) is 12.7 Å². The first-order chi connectivity index (χ1) is 5.61. The summed E-state index contributed by atoms with van der Waals surface area (Å²) in [5.74, 6) is -1.51. The maximum atomic E-state index is 10.6. The molecule has 12 heavy (non-hydrogen) atoms. The van der Waals surface area contributed by atoms with Gasteiger partial charge in [-0.25, -0.2) is 0 Å². The van der Waals surface area contributed by atoms with Gasteiger partial charge in [-0.1, -0.05) is 6.08 Å². The lowest BCUT2D eigenvalue weighted by Gasteiger charge is -2.10. The minimum absolute atomic E-state index is 0.203. The normalized spacial score (nSPS) is 14.3. The van der Waals surface area contributed by atoms with Gasteiger partial charge in [0.05, 0.1) is 12.0 Å². The van der Waals surface area contributed by atoms with Gasteiger partial charge in [-0.3, -0.25) is 4.79 Å². The molecule has 2 unspecified atom stereocenters. The van der Waals surface area contributed by atoms with Gasteiger partial charge in [-0.2, -0.15) is 5.26 Å². The van der Waals surface area contributed by atoms with Gasteiger partial charge in [0.1, 0.15) is 0 Å². The summed E-state index contributed by atoms with van der Waals surface area (Å²) in [7, 11) is 0. The van der Waals surface area contributed by atoms with Gasteiger partial charge >= 0.3 is 5.97 Å². The second kappa shape index (κ2) is 5.36. The minimum Gasteiger partial charge on any atom is -0.481 e. The molecule has 0 rings (SSSR count). The Morgan fingerprint density at radius 2 is 2.42 bits per heavy atom. The molecule has 0 bridgehead atoms. The number of allylic oxidation sites excluding steroid dienone is 1. The van der Waals surface area contributed by atoms with Crippen molar-refractivity contribution in [3.8, 4) is 6.07 Å². The van der Waals surface area contributed by atoms with E-state index in [9.17, 15) is 4.79 Å². The van der Waals surface area contributed by atoms with Crippen LogP contribution in [0.5, 0.6) is 0 Å². The molecule has 0 aromatic rings. The third-order valence-corrected chi connectivity index (χ3v) is 1.66. The number of nitriles is 1. The van der Waals surface area contributed by atoms with Crippen molar-refractivity contribution in [3.63, 3.8) is 0 Å². The van der Waals surface area contributed by atoms with E-state index < -0.39 is 11.9 Å². The van der Waals surface area contributed by atoms with Crippen molar-refractivity contribution < 1.29 is 9.90 Å². The molecule has 0 amide bonds. The molecule has 0 saturated heterocycles. The van der Waals surface area contributed by atoms with Gasteiger partial charge < -0.3 is 5.11 Å². The van der Waals surface area contributed by atoms with E-state index in [1.807, 2.05) is 6.07 Å². The van der Waals surface area contributed by atoms with Gasteiger partial charge in [0.15, 0.2) is 0 Å². The molecule has 0 aliphatic carbocycles. The molecular weight excluding hydrogens is 154 g/mol. The highest BCUT2D eigenvalue weighted by molar-refractivity contribution is 5.70. The zero-order chi connectivity index (χ0) is 9.56. The summed E-state index contributed by atoms with van der Waals surface area (Å²) < 4.78 is 0. The van der Waals surface area contributed by atoms with E-state index in [-0.39, 0.29) is 5.92 Å². The Balaban J connectivity index is 4.05. The predicted octanol–water partition coefficient (Wildman–Crippen LogP) is 1.81. The van der Waals surface area contributed by atoms with Crippen LogP contribution in [0.2, 0.25) is 0 Å². The highest BCUT2D eigenvalue weighted by Gasteiger charge is 2.18. The number of hydrogen-bond donors (Lipinski definition) is 1. The number of carboxylic acids is 1. The van der Waals surface area contributed by atoms with Gasteiger partial charge in [0.2, 0.25) is 0 Å². The molecule has 0 fully saturated rings. The summed E-state index contributed by atoms with van der Waals surface area (Å²) in [5, 5.41) is 17.2. The van der Waals surface area contributed by atoms with Crippen LogP contribution in [-0.4, -0.2) is 11.1 Å². The van der Waals surface area contributed by atoms with Gasteiger partial charge in [0, 0.05) is 5.92 Å². The zero-order valence-corrected chi connectivity index (χ0v) is 7.16. The molecule has 3 nitrogen and oxygen atoms in total. The first-order valence-electron chi connectivity index (χ1n) is 3.85. The summed E-state index contributed by atoms with van der Waals surface area (Å²) in [6, 6.07) is 2.01. The van der Waals surface area contributed by atoms with Crippen molar-refractivity contribution >= 4 is 5.97 Å². The Morgan fingerprint density at radius 3 is 2.75 bits per heavy atom. The molecule has 0 aliphatic heterocycles. The Hall–Kier alpha value is -1.30. The third-order valence-electron chi connectivity index (χ3n) is 1.66. The van der Waals surface area contributed by atoms with Crippen LogP contribution >= 0.6 is 0 Å². The summed E-state index contributed by atoms with van der Waals surface area (Å²) in [4.78, 5) is 10.6. The summed E-state index contributed by atoms with van der Waals surface area (Å²) >= 11 is 0. The quantitative estimate of drug-likeness (QED) is 0.635. The van der Waals surface area contributed by atoms with E-state index >= 15 is 0 Å². The molecular formula is C9H13NO2. The smallest absolute Gasteiger partial charge is 0.306 e. The predicted molar refractivity (Wildman–Crippen MR) is 45.3 cm³/mol. The second-order valence-corrected chi connectivity index (χ2v) is 2.83. The number of aliphatic carboxylic acids is 1. The van der Waals surface area contributed by atoms with Crippen molar-refractivity contribution in [2.24, 2.45) is 11.8 Å². The van der Waals surface area contributed by atoms with Gasteiger partial charge in [-0.15, -0.1) is 6.58 Å². The number of rotatable bonds is 5. The molecule has 0 aromatic heterocycles. The lowest BCUT2D eigenvalue weighted by atomic mass is 9.94. The zero-order valence-electron chi connectivity index (χ0n) is 7.16. The minimum atomic E-state index is -0.850. The van der Waals surface area contributed by atoms with Crippen LogP contribution in [0.25, 0.3) is 0 Å². The average Bonchev–Trinajstić information content (AvgIpc) is 2.03. The van der Waals surface area contributed by atoms with E-state index in [0.717, 1.165) is 0 Å². The van der Waals surface area contributed by atoms with E-state index in [1.54, 1.807) is 13.0 Å². The molecule has 1 N–H and O–H groups in total. The maximum absolute atomic E-state index is 10.6. The van der Waals surface area contributed by atoms with Crippen molar-refractivity contribution in [2.75, 3.05) is 0 Å². The Bertz CT molecular complexity index is 205.